The van der Waals surface area contributed by atoms with Gasteiger partial charge in [-0.15, -0.1) is 0 Å². The number of nitrogens with one attached hydrogen (secondary N) is 2. The van der Waals surface area contributed by atoms with E-state index in [0.29, 0.717) is 19.5 Å². The summed E-state index contributed by atoms with van der Waals surface area (Å²) in [5.74, 6) is 0.999. The number of rotatable bonds is 9. The van der Waals surface area contributed by atoms with E-state index in [0.717, 1.165) is 24.3 Å². The molecule has 1 amide bonds. The van der Waals surface area contributed by atoms with E-state index in [4.69, 9.17) is 4.74 Å². The lowest BCUT2D eigenvalue weighted by molar-refractivity contribution is -0.120. The van der Waals surface area contributed by atoms with Gasteiger partial charge in [0.05, 0.1) is 7.11 Å². The molecule has 0 fully saturated rings. The molecule has 1 aliphatic rings. The van der Waals surface area contributed by atoms with Gasteiger partial charge in [0.15, 0.2) is 0 Å². The molecule has 2 N–H and O–H groups in total. The predicted octanol–water partition coefficient (Wildman–Crippen LogP) is 3.18. The molecular weight excluding hydrogens is 288 g/mol. The Balaban J connectivity index is 1.57. The zero-order valence-corrected chi connectivity index (χ0v) is 14.1. The molecule has 23 heavy (non-hydrogen) atoms. The predicted molar refractivity (Wildman–Crippen MR) is 93.5 cm³/mol. The summed E-state index contributed by atoms with van der Waals surface area (Å²) in [4.78, 5) is 11.8. The molecule has 126 valence electrons. The van der Waals surface area contributed by atoms with Crippen molar-refractivity contribution < 1.29 is 9.53 Å². The van der Waals surface area contributed by atoms with E-state index in [1.54, 1.807) is 7.11 Å². The molecule has 2 rings (SSSR count). The highest BCUT2D eigenvalue weighted by atomic mass is 16.5. The molecule has 0 spiro atoms. The van der Waals surface area contributed by atoms with Crippen LogP contribution < -0.4 is 15.4 Å². The molecule has 0 aliphatic heterocycles. The number of carbonyl (C=O) groups excluding carboxylic acids is 1. The average molecular weight is 316 g/mol. The minimum absolute atomic E-state index is 0.119. The Hall–Kier alpha value is -1.81. The fraction of sp³-hybridized carbons (Fsp3) is 0.526. The maximum atomic E-state index is 11.8. The lowest BCUT2D eigenvalue weighted by Crippen LogP contribution is -2.28. The summed E-state index contributed by atoms with van der Waals surface area (Å²) in [6, 6.07) is 7.93. The van der Waals surface area contributed by atoms with Crippen LogP contribution >= 0.6 is 0 Å². The number of para-hydroxylation sites is 1. The number of allylic oxidation sites excluding steroid dienone is 1. The van der Waals surface area contributed by atoms with Crippen molar-refractivity contribution in [3.8, 4) is 5.75 Å². The van der Waals surface area contributed by atoms with Gasteiger partial charge in [-0.2, -0.15) is 0 Å². The monoisotopic (exact) mass is 316 g/mol. The summed E-state index contributed by atoms with van der Waals surface area (Å²) in [5.41, 5.74) is 2.62. The lowest BCUT2D eigenvalue weighted by Gasteiger charge is -2.13. The van der Waals surface area contributed by atoms with Gasteiger partial charge in [0, 0.05) is 31.6 Å². The number of amides is 1. The molecule has 1 aliphatic carbocycles. The Morgan fingerprint density at radius 2 is 2.09 bits per heavy atom. The van der Waals surface area contributed by atoms with Crippen molar-refractivity contribution in [2.24, 2.45) is 0 Å². The number of benzene rings is 1. The Kier molecular flexibility index (Phi) is 7.67. The third-order valence-corrected chi connectivity index (χ3v) is 4.19. The van der Waals surface area contributed by atoms with Gasteiger partial charge in [-0.05, 0) is 38.2 Å². The number of hydrogen-bond donors (Lipinski definition) is 2. The van der Waals surface area contributed by atoms with Crippen molar-refractivity contribution in [1.82, 2.24) is 10.6 Å². The molecule has 0 unspecified atom stereocenters. The molecular formula is C19H28N2O2. The Morgan fingerprint density at radius 1 is 1.22 bits per heavy atom. The highest BCUT2D eigenvalue weighted by Crippen LogP contribution is 2.19. The first kappa shape index (κ1) is 17.5. The normalized spacial score (nSPS) is 14.2. The molecule has 4 heteroatoms. The van der Waals surface area contributed by atoms with Crippen molar-refractivity contribution in [3.05, 3.63) is 41.5 Å². The molecule has 1 aromatic carbocycles. The first-order valence-electron chi connectivity index (χ1n) is 8.57. The van der Waals surface area contributed by atoms with Crippen LogP contribution in [-0.4, -0.2) is 26.1 Å². The highest BCUT2D eigenvalue weighted by molar-refractivity contribution is 5.76. The van der Waals surface area contributed by atoms with E-state index in [1.165, 1.54) is 31.3 Å². The van der Waals surface area contributed by atoms with E-state index in [2.05, 4.69) is 16.7 Å². The molecule has 0 radical (unpaired) electrons. The molecule has 0 bridgehead atoms. The molecule has 0 saturated heterocycles. The average Bonchev–Trinajstić information content (AvgIpc) is 2.60. The first-order chi connectivity index (χ1) is 11.3. The summed E-state index contributed by atoms with van der Waals surface area (Å²) < 4.78 is 5.31. The van der Waals surface area contributed by atoms with Gasteiger partial charge in [-0.1, -0.05) is 29.8 Å². The van der Waals surface area contributed by atoms with Crippen molar-refractivity contribution in [1.29, 1.82) is 0 Å². The third-order valence-electron chi connectivity index (χ3n) is 4.19. The van der Waals surface area contributed by atoms with E-state index in [1.807, 2.05) is 24.3 Å². The first-order valence-corrected chi connectivity index (χ1v) is 8.57. The maximum Gasteiger partial charge on any atom is 0.221 e. The topological polar surface area (TPSA) is 50.4 Å². The van der Waals surface area contributed by atoms with Crippen LogP contribution in [0.5, 0.6) is 5.75 Å². The Morgan fingerprint density at radius 3 is 2.87 bits per heavy atom. The fourth-order valence-electron chi connectivity index (χ4n) is 2.86. The van der Waals surface area contributed by atoms with Crippen molar-refractivity contribution in [2.45, 2.75) is 45.1 Å². The third kappa shape index (κ3) is 6.45. The van der Waals surface area contributed by atoms with E-state index < -0.39 is 0 Å². The second-order valence-electron chi connectivity index (χ2n) is 5.95. The van der Waals surface area contributed by atoms with Gasteiger partial charge < -0.3 is 15.4 Å². The molecule has 4 nitrogen and oxygen atoms in total. The number of carbonyl (C=O) groups is 1. The lowest BCUT2D eigenvalue weighted by atomic mass is 9.97. The molecule has 1 aromatic rings. The van der Waals surface area contributed by atoms with Crippen LogP contribution in [0, 0.1) is 0 Å². The summed E-state index contributed by atoms with van der Waals surface area (Å²) in [5, 5.41) is 6.30. The van der Waals surface area contributed by atoms with Crippen LogP contribution in [-0.2, 0) is 11.3 Å². The zero-order chi connectivity index (χ0) is 16.3. The number of hydrogen-bond acceptors (Lipinski definition) is 3. The van der Waals surface area contributed by atoms with Gasteiger partial charge in [-0.3, -0.25) is 4.79 Å². The molecule has 0 heterocycles. The van der Waals surface area contributed by atoms with Crippen LogP contribution in [0.3, 0.4) is 0 Å². The van der Waals surface area contributed by atoms with Crippen LogP contribution in [0.25, 0.3) is 0 Å². The van der Waals surface area contributed by atoms with Crippen molar-refractivity contribution in [3.63, 3.8) is 0 Å². The summed E-state index contributed by atoms with van der Waals surface area (Å²) in [7, 11) is 1.67. The van der Waals surface area contributed by atoms with E-state index in [9.17, 15) is 4.79 Å². The Bertz CT molecular complexity index is 526. The van der Waals surface area contributed by atoms with Crippen LogP contribution in [0.2, 0.25) is 0 Å². The van der Waals surface area contributed by atoms with Gasteiger partial charge in [0.2, 0.25) is 5.91 Å². The van der Waals surface area contributed by atoms with E-state index in [-0.39, 0.29) is 5.91 Å². The van der Waals surface area contributed by atoms with Gasteiger partial charge in [0.1, 0.15) is 5.75 Å². The highest BCUT2D eigenvalue weighted by Gasteiger charge is 2.05. The van der Waals surface area contributed by atoms with Gasteiger partial charge >= 0.3 is 0 Å². The van der Waals surface area contributed by atoms with Crippen molar-refractivity contribution in [2.75, 3.05) is 20.2 Å². The minimum Gasteiger partial charge on any atom is -0.496 e. The largest absolute Gasteiger partial charge is 0.496 e. The van der Waals surface area contributed by atoms with E-state index >= 15 is 0 Å². The van der Waals surface area contributed by atoms with Gasteiger partial charge in [-0.25, -0.2) is 0 Å². The summed E-state index contributed by atoms with van der Waals surface area (Å²) >= 11 is 0. The number of ether oxygens (including phenoxy) is 1. The fourth-order valence-corrected chi connectivity index (χ4v) is 2.86. The number of methoxy groups -OCH3 is 1. The smallest absolute Gasteiger partial charge is 0.221 e. The quantitative estimate of drug-likeness (QED) is 0.543. The Labute approximate surface area is 139 Å². The van der Waals surface area contributed by atoms with Gasteiger partial charge in [0.25, 0.3) is 0 Å². The second-order valence-corrected chi connectivity index (χ2v) is 5.95. The van der Waals surface area contributed by atoms with Crippen molar-refractivity contribution >= 4 is 5.91 Å². The molecule has 0 saturated carbocycles. The standard InChI is InChI=1S/C19H28N2O2/c1-23-18-10-6-5-9-17(18)15-20-13-12-19(22)21-14-11-16-7-3-2-4-8-16/h5-7,9-10,20H,2-4,8,11-15H2,1H3,(H,21,22). The SMILES string of the molecule is COc1ccccc1CNCCC(=O)NCCC1=CCCCC1. The maximum absolute atomic E-state index is 11.8. The second kappa shape index (κ2) is 10.1. The minimum atomic E-state index is 0.119. The molecule has 0 aromatic heterocycles. The molecule has 0 atom stereocenters. The van der Waals surface area contributed by atoms with Crippen LogP contribution in [0.1, 0.15) is 44.1 Å². The summed E-state index contributed by atoms with van der Waals surface area (Å²) in [6.07, 6.45) is 8.87. The van der Waals surface area contributed by atoms with Crippen LogP contribution in [0.15, 0.2) is 35.9 Å². The zero-order valence-electron chi connectivity index (χ0n) is 14.1. The van der Waals surface area contributed by atoms with Crippen LogP contribution in [0.4, 0.5) is 0 Å². The summed E-state index contributed by atoms with van der Waals surface area (Å²) in [6.45, 7) is 2.15.